The van der Waals surface area contributed by atoms with E-state index in [4.69, 9.17) is 4.74 Å². The van der Waals surface area contributed by atoms with Crippen LogP contribution in [0.3, 0.4) is 0 Å². The molecule has 4 atom stereocenters. The molecule has 0 radical (unpaired) electrons. The lowest BCUT2D eigenvalue weighted by molar-refractivity contribution is -0.385. The first-order valence-electron chi connectivity index (χ1n) is 13.2. The number of nitrogens with zero attached hydrogens (tertiary/aromatic N) is 3. The number of alkyl halides is 3. The van der Waals surface area contributed by atoms with Gasteiger partial charge in [0.1, 0.15) is 5.75 Å². The fourth-order valence-electron chi connectivity index (χ4n) is 7.14. The predicted molar refractivity (Wildman–Crippen MR) is 130 cm³/mol. The molecule has 4 aliphatic rings. The molecule has 8 nitrogen and oxygen atoms in total. The Bertz CT molecular complexity index is 1290. The fourth-order valence-corrected chi connectivity index (χ4v) is 7.14. The molecule has 2 aliphatic heterocycles. The fraction of sp³-hybridized carbons (Fsp3) is 0.556. The second kappa shape index (κ2) is 9.21. The van der Waals surface area contributed by atoms with Gasteiger partial charge in [0.25, 0.3) is 5.69 Å². The molecule has 1 aromatic heterocycles. The molecule has 202 valence electrons. The maximum atomic E-state index is 14.0. The maximum absolute atomic E-state index is 14.0. The normalized spacial score (nSPS) is 28.3. The first-order valence-corrected chi connectivity index (χ1v) is 13.2. The van der Waals surface area contributed by atoms with Crippen molar-refractivity contribution in [2.24, 2.45) is 11.3 Å². The van der Waals surface area contributed by atoms with Gasteiger partial charge in [0.15, 0.2) is 0 Å². The van der Waals surface area contributed by atoms with Crippen LogP contribution in [0.4, 0.5) is 18.9 Å². The Morgan fingerprint density at radius 2 is 2.11 bits per heavy atom. The lowest BCUT2D eigenvalue weighted by Gasteiger charge is -2.37. The number of amides is 1. The number of carbonyl (C=O) groups excluding carboxylic acids is 1. The highest BCUT2D eigenvalue weighted by Crippen LogP contribution is 2.56. The van der Waals surface area contributed by atoms with E-state index in [0.717, 1.165) is 43.5 Å². The van der Waals surface area contributed by atoms with Crippen molar-refractivity contribution in [3.63, 3.8) is 0 Å². The summed E-state index contributed by atoms with van der Waals surface area (Å²) in [4.78, 5) is 30.7. The quantitative estimate of drug-likeness (QED) is 0.444. The van der Waals surface area contributed by atoms with E-state index in [1.165, 1.54) is 6.07 Å². The molecule has 6 rings (SSSR count). The van der Waals surface area contributed by atoms with E-state index in [1.807, 2.05) is 0 Å². The molecule has 38 heavy (non-hydrogen) atoms. The second-order valence-corrected chi connectivity index (χ2v) is 11.0. The zero-order valence-corrected chi connectivity index (χ0v) is 20.8. The van der Waals surface area contributed by atoms with E-state index in [9.17, 15) is 28.1 Å². The second-order valence-electron chi connectivity index (χ2n) is 11.0. The van der Waals surface area contributed by atoms with Crippen molar-refractivity contribution in [1.82, 2.24) is 15.2 Å². The molecular formula is C27H29F3N4O4. The highest BCUT2D eigenvalue weighted by molar-refractivity contribution is 5.84. The van der Waals surface area contributed by atoms with E-state index in [0.29, 0.717) is 49.4 Å². The monoisotopic (exact) mass is 530 g/mol. The van der Waals surface area contributed by atoms with Crippen molar-refractivity contribution >= 4 is 11.6 Å². The molecule has 0 bridgehead atoms. The number of nitro benzene ring substituents is 1. The minimum absolute atomic E-state index is 0.0181. The van der Waals surface area contributed by atoms with Gasteiger partial charge in [-0.2, -0.15) is 13.2 Å². The molecule has 0 saturated heterocycles. The van der Waals surface area contributed by atoms with Crippen molar-refractivity contribution in [2.45, 2.75) is 69.8 Å². The number of fused-ring (bicyclic) bond motifs is 3. The number of nitro groups is 1. The van der Waals surface area contributed by atoms with Crippen molar-refractivity contribution in [3.8, 4) is 5.75 Å². The zero-order chi connectivity index (χ0) is 26.7. The molecule has 11 heteroatoms. The Morgan fingerprint density at radius 3 is 2.89 bits per heavy atom. The smallest absolute Gasteiger partial charge is 0.417 e. The van der Waals surface area contributed by atoms with Gasteiger partial charge in [-0.05, 0) is 49.3 Å². The van der Waals surface area contributed by atoms with Gasteiger partial charge in [-0.25, -0.2) is 0 Å². The molecule has 1 N–H and O–H groups in total. The third-order valence-electron chi connectivity index (χ3n) is 8.90. The summed E-state index contributed by atoms with van der Waals surface area (Å²) < 4.78 is 45.5. The number of benzene rings is 1. The van der Waals surface area contributed by atoms with Crippen LogP contribution in [-0.4, -0.2) is 39.9 Å². The van der Waals surface area contributed by atoms with Crippen molar-refractivity contribution in [1.29, 1.82) is 0 Å². The summed E-state index contributed by atoms with van der Waals surface area (Å²) in [5.74, 6) is 0.885. The number of halogens is 3. The van der Waals surface area contributed by atoms with E-state index in [-0.39, 0.29) is 36.1 Å². The average Bonchev–Trinajstić information content (AvgIpc) is 3.45. The third kappa shape index (κ3) is 4.30. The largest absolute Gasteiger partial charge is 0.493 e. The van der Waals surface area contributed by atoms with Crippen LogP contribution in [0, 0.1) is 21.4 Å². The average molecular weight is 531 g/mol. The Morgan fingerprint density at radius 1 is 1.26 bits per heavy atom. The molecule has 3 heterocycles. The minimum Gasteiger partial charge on any atom is -0.493 e. The molecule has 0 unspecified atom stereocenters. The molecule has 2 fully saturated rings. The van der Waals surface area contributed by atoms with Crippen molar-refractivity contribution in [2.75, 3.05) is 13.2 Å². The SMILES string of the molecule is O=C(N1CCc2ncc(C(F)(F)F)cc2C1)[C@@]12CCC[C@@H]1C[C@@H](N[C@@H]1CCOc3ccc([N+](=O)[O-])cc31)C2. The molecule has 1 amide bonds. The van der Waals surface area contributed by atoms with Crippen LogP contribution in [-0.2, 0) is 23.9 Å². The van der Waals surface area contributed by atoms with Crippen LogP contribution in [0.15, 0.2) is 30.5 Å². The van der Waals surface area contributed by atoms with E-state index in [2.05, 4.69) is 10.3 Å². The number of non-ortho nitro benzene ring substituents is 1. The Kier molecular flexibility index (Phi) is 6.08. The number of hydrogen-bond donors (Lipinski definition) is 1. The summed E-state index contributed by atoms with van der Waals surface area (Å²) in [6.07, 6.45) is 1.68. The summed E-state index contributed by atoms with van der Waals surface area (Å²) in [7, 11) is 0. The van der Waals surface area contributed by atoms with Crippen LogP contribution >= 0.6 is 0 Å². The summed E-state index contributed by atoms with van der Waals surface area (Å²) in [5.41, 5.74) is 0.567. The van der Waals surface area contributed by atoms with Crippen molar-refractivity contribution in [3.05, 3.63) is 63.0 Å². The van der Waals surface area contributed by atoms with E-state index < -0.39 is 22.1 Å². The van der Waals surface area contributed by atoms with E-state index >= 15 is 0 Å². The molecule has 2 aromatic rings. The number of rotatable bonds is 4. The van der Waals surface area contributed by atoms with Gasteiger partial charge in [0.2, 0.25) is 5.91 Å². The summed E-state index contributed by atoms with van der Waals surface area (Å²) in [6.45, 7) is 1.10. The van der Waals surface area contributed by atoms with Crippen LogP contribution < -0.4 is 10.1 Å². The van der Waals surface area contributed by atoms with Gasteiger partial charge in [-0.3, -0.25) is 19.9 Å². The van der Waals surface area contributed by atoms with Gasteiger partial charge in [-0.15, -0.1) is 0 Å². The lowest BCUT2D eigenvalue weighted by atomic mass is 9.78. The zero-order valence-electron chi connectivity index (χ0n) is 20.8. The minimum atomic E-state index is -4.48. The molecule has 1 aromatic carbocycles. The van der Waals surface area contributed by atoms with E-state index in [1.54, 1.807) is 17.0 Å². The number of ether oxygens (including phenoxy) is 1. The first-order chi connectivity index (χ1) is 18.1. The van der Waals surface area contributed by atoms with Crippen LogP contribution in [0.5, 0.6) is 5.75 Å². The van der Waals surface area contributed by atoms with Gasteiger partial charge in [0, 0.05) is 67.6 Å². The molecular weight excluding hydrogens is 501 g/mol. The highest BCUT2D eigenvalue weighted by atomic mass is 19.4. The van der Waals surface area contributed by atoms with Gasteiger partial charge in [-0.1, -0.05) is 6.42 Å². The summed E-state index contributed by atoms with van der Waals surface area (Å²) >= 11 is 0. The Labute approximate surface area is 217 Å². The predicted octanol–water partition coefficient (Wildman–Crippen LogP) is 4.96. The maximum Gasteiger partial charge on any atom is 0.417 e. The topological polar surface area (TPSA) is 97.6 Å². The summed E-state index contributed by atoms with van der Waals surface area (Å²) in [5, 5.41) is 15.0. The van der Waals surface area contributed by atoms with Crippen LogP contribution in [0.2, 0.25) is 0 Å². The van der Waals surface area contributed by atoms with Crippen LogP contribution in [0.1, 0.15) is 67.0 Å². The summed E-state index contributed by atoms with van der Waals surface area (Å²) in [6, 6.07) is 5.74. The number of carbonyl (C=O) groups is 1. The highest BCUT2D eigenvalue weighted by Gasteiger charge is 2.56. The number of hydrogen-bond acceptors (Lipinski definition) is 6. The number of nitrogens with one attached hydrogen (secondary N) is 1. The number of pyridine rings is 1. The molecule has 2 aliphatic carbocycles. The Balaban J connectivity index is 1.20. The standard InChI is InChI=1S/C27H29F3N4O4/c28-27(29,30)18-10-16-15-33(8-5-22(16)31-14-18)25(35)26-7-1-2-17(26)11-19(13-26)32-23-6-9-38-24-4-3-20(34(36)37)12-21(23)24/h3-4,10,12,14,17,19,23,32H,1-2,5-9,11,13,15H2/t17-,19-,23-,26-/m1/s1. The van der Waals surface area contributed by atoms with Crippen molar-refractivity contribution < 1.29 is 27.6 Å². The van der Waals surface area contributed by atoms with Gasteiger partial charge in [0.05, 0.1) is 22.5 Å². The molecule has 0 spiro atoms. The van der Waals surface area contributed by atoms with Gasteiger partial charge < -0.3 is 15.0 Å². The number of aromatic nitrogens is 1. The van der Waals surface area contributed by atoms with Crippen LogP contribution in [0.25, 0.3) is 0 Å². The lowest BCUT2D eigenvalue weighted by Crippen LogP contribution is -2.47. The first kappa shape index (κ1) is 25.1. The van der Waals surface area contributed by atoms with Gasteiger partial charge >= 0.3 is 6.18 Å². The molecule has 2 saturated carbocycles. The Hall–Kier alpha value is -3.21. The third-order valence-corrected chi connectivity index (χ3v) is 8.90.